The average Bonchev–Trinajstić information content (AvgIpc) is 2.49. The number of hydrogen-bond acceptors (Lipinski definition) is 4. The zero-order valence-corrected chi connectivity index (χ0v) is 12.1. The van der Waals surface area contributed by atoms with Gasteiger partial charge in [-0.15, -0.1) is 0 Å². The van der Waals surface area contributed by atoms with Crippen LogP contribution in [0.2, 0.25) is 0 Å². The molecule has 0 radical (unpaired) electrons. The maximum atomic E-state index is 12.0. The maximum absolute atomic E-state index is 12.0. The third kappa shape index (κ3) is 3.17. The second kappa shape index (κ2) is 6.17. The Bertz CT molecular complexity index is 751. The second-order valence-corrected chi connectivity index (χ2v) is 4.86. The normalized spacial score (nSPS) is 10.1. The fourth-order valence-corrected chi connectivity index (χ4v) is 1.97. The van der Waals surface area contributed by atoms with E-state index in [9.17, 15) is 19.7 Å². The van der Waals surface area contributed by atoms with Gasteiger partial charge >= 0.3 is 0 Å². The molecule has 6 nitrogen and oxygen atoms in total. The van der Waals surface area contributed by atoms with Gasteiger partial charge in [0.25, 0.3) is 17.4 Å². The minimum atomic E-state index is -0.826. The van der Waals surface area contributed by atoms with Crippen LogP contribution in [0.4, 0.5) is 11.4 Å². The quantitative estimate of drug-likeness (QED) is 0.406. The highest BCUT2D eigenvalue weighted by Gasteiger charge is 2.19. The van der Waals surface area contributed by atoms with Gasteiger partial charge in [-0.2, -0.15) is 0 Å². The number of ketones is 1. The summed E-state index contributed by atoms with van der Waals surface area (Å²) in [5.41, 5.74) is 1.69. The predicted molar refractivity (Wildman–Crippen MR) is 82.0 cm³/mol. The first-order valence-corrected chi connectivity index (χ1v) is 6.56. The molecular formula is C16H14N2O4. The lowest BCUT2D eigenvalue weighted by Gasteiger charge is -2.08. The van der Waals surface area contributed by atoms with Crippen LogP contribution in [0.3, 0.4) is 0 Å². The molecule has 0 aliphatic heterocycles. The van der Waals surface area contributed by atoms with E-state index in [4.69, 9.17) is 0 Å². The van der Waals surface area contributed by atoms with Crippen molar-refractivity contribution in [2.45, 2.75) is 13.8 Å². The van der Waals surface area contributed by atoms with Crippen molar-refractivity contribution >= 4 is 23.1 Å². The lowest BCUT2D eigenvalue weighted by Crippen LogP contribution is -2.23. The van der Waals surface area contributed by atoms with Gasteiger partial charge in [-0.05, 0) is 19.9 Å². The van der Waals surface area contributed by atoms with Crippen LogP contribution < -0.4 is 5.32 Å². The van der Waals surface area contributed by atoms with Gasteiger partial charge < -0.3 is 5.32 Å². The standard InChI is InChI=1S/C16H14N2O4/c1-10-6-8-12(9-7-10)15(19)16(20)17-13-4-3-5-14(11(13)2)18(21)22/h3-9H,1-2H3,(H,17,20). The minimum absolute atomic E-state index is 0.111. The molecule has 0 fully saturated rings. The van der Waals surface area contributed by atoms with E-state index in [1.54, 1.807) is 24.3 Å². The molecule has 0 spiro atoms. The zero-order valence-electron chi connectivity index (χ0n) is 12.1. The third-order valence-corrected chi connectivity index (χ3v) is 3.27. The summed E-state index contributed by atoms with van der Waals surface area (Å²) in [6, 6.07) is 10.9. The first kappa shape index (κ1) is 15.4. The van der Waals surface area contributed by atoms with Gasteiger partial charge in [0, 0.05) is 11.6 Å². The van der Waals surface area contributed by atoms with Crippen LogP contribution in [0.1, 0.15) is 21.5 Å². The molecule has 2 aromatic rings. The number of nitrogens with zero attached hydrogens (tertiary/aromatic N) is 1. The number of Topliss-reactive ketones (excluding diaryl/α,β-unsaturated/α-hetero) is 1. The van der Waals surface area contributed by atoms with Crippen molar-refractivity contribution in [3.05, 3.63) is 69.3 Å². The molecule has 112 valence electrons. The number of amides is 1. The van der Waals surface area contributed by atoms with E-state index in [0.717, 1.165) is 5.56 Å². The predicted octanol–water partition coefficient (Wildman–Crippen LogP) is 3.03. The van der Waals surface area contributed by atoms with E-state index in [0.29, 0.717) is 5.56 Å². The van der Waals surface area contributed by atoms with Gasteiger partial charge in [-0.1, -0.05) is 35.9 Å². The maximum Gasteiger partial charge on any atom is 0.296 e. The highest BCUT2D eigenvalue weighted by atomic mass is 16.6. The molecule has 0 aromatic heterocycles. The van der Waals surface area contributed by atoms with Crippen LogP contribution in [-0.2, 0) is 4.79 Å². The van der Waals surface area contributed by atoms with Gasteiger partial charge in [0.1, 0.15) is 0 Å². The third-order valence-electron chi connectivity index (χ3n) is 3.27. The van der Waals surface area contributed by atoms with Crippen molar-refractivity contribution in [1.29, 1.82) is 0 Å². The largest absolute Gasteiger partial charge is 0.319 e. The van der Waals surface area contributed by atoms with Crippen LogP contribution in [-0.4, -0.2) is 16.6 Å². The first-order chi connectivity index (χ1) is 10.4. The minimum Gasteiger partial charge on any atom is -0.319 e. The van der Waals surface area contributed by atoms with Crippen LogP contribution in [0.25, 0.3) is 0 Å². The van der Waals surface area contributed by atoms with Crippen molar-refractivity contribution < 1.29 is 14.5 Å². The number of rotatable bonds is 4. The molecule has 0 atom stereocenters. The molecular weight excluding hydrogens is 284 g/mol. The van der Waals surface area contributed by atoms with Gasteiger partial charge in [0.15, 0.2) is 0 Å². The van der Waals surface area contributed by atoms with Crippen LogP contribution in [0.15, 0.2) is 42.5 Å². The monoisotopic (exact) mass is 298 g/mol. The summed E-state index contributed by atoms with van der Waals surface area (Å²) in [5.74, 6) is -1.52. The number of aryl methyl sites for hydroxylation is 1. The molecule has 1 N–H and O–H groups in total. The Morgan fingerprint density at radius 1 is 1.05 bits per heavy atom. The van der Waals surface area contributed by atoms with Gasteiger partial charge in [0.05, 0.1) is 16.2 Å². The summed E-state index contributed by atoms with van der Waals surface area (Å²) in [6.07, 6.45) is 0. The number of benzene rings is 2. The molecule has 0 bridgehead atoms. The Hall–Kier alpha value is -3.02. The van der Waals surface area contributed by atoms with E-state index in [-0.39, 0.29) is 16.9 Å². The number of hydrogen-bond donors (Lipinski definition) is 1. The smallest absolute Gasteiger partial charge is 0.296 e. The Balaban J connectivity index is 2.22. The summed E-state index contributed by atoms with van der Waals surface area (Å²) in [6.45, 7) is 3.39. The number of carbonyl (C=O) groups excluding carboxylic acids is 2. The molecule has 6 heteroatoms. The summed E-state index contributed by atoms with van der Waals surface area (Å²) < 4.78 is 0. The van der Waals surface area contributed by atoms with E-state index in [1.807, 2.05) is 6.92 Å². The van der Waals surface area contributed by atoms with E-state index < -0.39 is 16.6 Å². The molecule has 0 saturated heterocycles. The highest BCUT2D eigenvalue weighted by Crippen LogP contribution is 2.25. The lowest BCUT2D eigenvalue weighted by atomic mass is 10.1. The van der Waals surface area contributed by atoms with Crippen molar-refractivity contribution in [2.75, 3.05) is 5.32 Å². The lowest BCUT2D eigenvalue weighted by molar-refractivity contribution is -0.385. The molecule has 0 saturated carbocycles. The molecule has 0 heterocycles. The van der Waals surface area contributed by atoms with Gasteiger partial charge in [-0.25, -0.2) is 0 Å². The Kier molecular flexibility index (Phi) is 4.31. The van der Waals surface area contributed by atoms with Crippen LogP contribution >= 0.6 is 0 Å². The summed E-state index contributed by atoms with van der Waals surface area (Å²) in [4.78, 5) is 34.4. The van der Waals surface area contributed by atoms with Gasteiger partial charge in [-0.3, -0.25) is 19.7 Å². The number of nitro benzene ring substituents is 1. The van der Waals surface area contributed by atoms with E-state index >= 15 is 0 Å². The first-order valence-electron chi connectivity index (χ1n) is 6.56. The molecule has 2 aromatic carbocycles. The SMILES string of the molecule is Cc1ccc(C(=O)C(=O)Nc2cccc([N+](=O)[O-])c2C)cc1. The highest BCUT2D eigenvalue weighted by molar-refractivity contribution is 6.46. The molecule has 0 unspecified atom stereocenters. The summed E-state index contributed by atoms with van der Waals surface area (Å²) in [5, 5.41) is 13.3. The van der Waals surface area contributed by atoms with Crippen molar-refractivity contribution in [3.63, 3.8) is 0 Å². The molecule has 2 rings (SSSR count). The Morgan fingerprint density at radius 2 is 1.68 bits per heavy atom. The molecule has 0 aliphatic rings. The molecule has 22 heavy (non-hydrogen) atoms. The van der Waals surface area contributed by atoms with E-state index in [1.165, 1.54) is 25.1 Å². The average molecular weight is 298 g/mol. The zero-order chi connectivity index (χ0) is 16.3. The second-order valence-electron chi connectivity index (χ2n) is 4.86. The van der Waals surface area contributed by atoms with Crippen molar-refractivity contribution in [2.24, 2.45) is 0 Å². The number of nitro groups is 1. The van der Waals surface area contributed by atoms with Crippen LogP contribution in [0.5, 0.6) is 0 Å². The Labute approximate surface area is 126 Å². The van der Waals surface area contributed by atoms with Crippen LogP contribution in [0, 0.1) is 24.0 Å². The molecule has 1 amide bonds. The van der Waals surface area contributed by atoms with Gasteiger partial charge in [0.2, 0.25) is 0 Å². The summed E-state index contributed by atoms with van der Waals surface area (Å²) >= 11 is 0. The number of anilines is 1. The Morgan fingerprint density at radius 3 is 2.27 bits per heavy atom. The topological polar surface area (TPSA) is 89.3 Å². The fraction of sp³-hybridized carbons (Fsp3) is 0.125. The number of nitrogens with one attached hydrogen (secondary N) is 1. The van der Waals surface area contributed by atoms with Crippen molar-refractivity contribution in [1.82, 2.24) is 0 Å². The summed E-state index contributed by atoms with van der Waals surface area (Å²) in [7, 11) is 0. The van der Waals surface area contributed by atoms with Crippen molar-refractivity contribution in [3.8, 4) is 0 Å². The number of carbonyl (C=O) groups is 2. The van der Waals surface area contributed by atoms with E-state index in [2.05, 4.69) is 5.32 Å². The fourth-order valence-electron chi connectivity index (χ4n) is 1.97. The molecule has 0 aliphatic carbocycles.